The molecule has 0 amide bonds. The summed E-state index contributed by atoms with van der Waals surface area (Å²) in [4.78, 5) is 6.11. The van der Waals surface area contributed by atoms with E-state index in [2.05, 4.69) is 27.0 Å². The molecule has 1 aromatic carbocycles. The maximum absolute atomic E-state index is 8.86. The van der Waals surface area contributed by atoms with E-state index in [4.69, 9.17) is 5.26 Å². The van der Waals surface area contributed by atoms with Gasteiger partial charge in [-0.05, 0) is 30.3 Å². The SMILES string of the molecule is N#Cc1cc(Br)cc(Sc2ccncc2)c1. The first-order valence-corrected chi connectivity index (χ1v) is 6.17. The van der Waals surface area contributed by atoms with E-state index in [0.717, 1.165) is 14.3 Å². The van der Waals surface area contributed by atoms with Crippen molar-refractivity contribution in [2.45, 2.75) is 9.79 Å². The topological polar surface area (TPSA) is 36.7 Å². The third kappa shape index (κ3) is 2.84. The molecule has 0 radical (unpaired) electrons. The molecule has 4 heteroatoms. The second-order valence-electron chi connectivity index (χ2n) is 3.07. The van der Waals surface area contributed by atoms with Crippen molar-refractivity contribution < 1.29 is 0 Å². The van der Waals surface area contributed by atoms with Crippen molar-refractivity contribution >= 4 is 27.7 Å². The first-order chi connectivity index (χ1) is 7.78. The lowest BCUT2D eigenvalue weighted by molar-refractivity contribution is 1.26. The van der Waals surface area contributed by atoms with Gasteiger partial charge in [-0.15, -0.1) is 0 Å². The quantitative estimate of drug-likeness (QED) is 0.842. The summed E-state index contributed by atoms with van der Waals surface area (Å²) in [5, 5.41) is 8.86. The predicted molar refractivity (Wildman–Crippen MR) is 67.2 cm³/mol. The molecule has 0 N–H and O–H groups in total. The Hall–Kier alpha value is -1.31. The van der Waals surface area contributed by atoms with Crippen LogP contribution >= 0.6 is 27.7 Å². The molecule has 2 rings (SSSR count). The Morgan fingerprint density at radius 2 is 1.88 bits per heavy atom. The number of aromatic nitrogens is 1. The summed E-state index contributed by atoms with van der Waals surface area (Å²) in [6.45, 7) is 0. The van der Waals surface area contributed by atoms with Gasteiger partial charge in [-0.1, -0.05) is 27.7 Å². The molecule has 0 saturated carbocycles. The normalized spacial score (nSPS) is 9.75. The van der Waals surface area contributed by atoms with Crippen LogP contribution in [0.5, 0.6) is 0 Å². The zero-order valence-corrected chi connectivity index (χ0v) is 10.6. The Balaban J connectivity index is 2.29. The Morgan fingerprint density at radius 1 is 1.12 bits per heavy atom. The Kier molecular flexibility index (Phi) is 3.60. The van der Waals surface area contributed by atoms with Gasteiger partial charge in [0.1, 0.15) is 0 Å². The average Bonchev–Trinajstić information content (AvgIpc) is 2.29. The number of hydrogen-bond donors (Lipinski definition) is 0. The highest BCUT2D eigenvalue weighted by molar-refractivity contribution is 9.10. The van der Waals surface area contributed by atoms with Crippen LogP contribution in [0.3, 0.4) is 0 Å². The monoisotopic (exact) mass is 290 g/mol. The molecule has 0 aliphatic heterocycles. The van der Waals surface area contributed by atoms with Crippen LogP contribution in [0.25, 0.3) is 0 Å². The molecule has 1 aromatic heterocycles. The summed E-state index contributed by atoms with van der Waals surface area (Å²) in [6, 6.07) is 11.7. The molecule has 0 unspecified atom stereocenters. The number of nitrogens with zero attached hydrogens (tertiary/aromatic N) is 2. The summed E-state index contributed by atoms with van der Waals surface area (Å²) >= 11 is 5.00. The number of halogens is 1. The van der Waals surface area contributed by atoms with Crippen LogP contribution in [0.4, 0.5) is 0 Å². The fourth-order valence-electron chi connectivity index (χ4n) is 1.23. The van der Waals surface area contributed by atoms with Crippen LogP contribution < -0.4 is 0 Å². The molecular weight excluding hydrogens is 284 g/mol. The maximum Gasteiger partial charge on any atom is 0.0992 e. The number of pyridine rings is 1. The Bertz CT molecular complexity index is 534. The van der Waals surface area contributed by atoms with Crippen molar-refractivity contribution in [3.05, 3.63) is 52.8 Å². The first kappa shape index (κ1) is 11.2. The fourth-order valence-corrected chi connectivity index (χ4v) is 2.78. The molecule has 1 heterocycles. The van der Waals surface area contributed by atoms with Crippen LogP contribution in [0.2, 0.25) is 0 Å². The zero-order chi connectivity index (χ0) is 11.4. The van der Waals surface area contributed by atoms with E-state index in [9.17, 15) is 0 Å². The number of rotatable bonds is 2. The molecule has 0 spiro atoms. The van der Waals surface area contributed by atoms with Crippen molar-refractivity contribution in [3.8, 4) is 6.07 Å². The highest BCUT2D eigenvalue weighted by Gasteiger charge is 2.01. The van der Waals surface area contributed by atoms with Crippen LogP contribution in [-0.4, -0.2) is 4.98 Å². The standard InChI is InChI=1S/C12H7BrN2S/c13-10-5-9(8-14)6-12(7-10)16-11-1-3-15-4-2-11/h1-7H. The van der Waals surface area contributed by atoms with Crippen LogP contribution in [-0.2, 0) is 0 Å². The van der Waals surface area contributed by atoms with Gasteiger partial charge in [-0.25, -0.2) is 0 Å². The van der Waals surface area contributed by atoms with Gasteiger partial charge >= 0.3 is 0 Å². The van der Waals surface area contributed by atoms with E-state index in [-0.39, 0.29) is 0 Å². The van der Waals surface area contributed by atoms with Crippen molar-refractivity contribution in [3.63, 3.8) is 0 Å². The number of nitriles is 1. The summed E-state index contributed by atoms with van der Waals surface area (Å²) in [6.07, 6.45) is 3.51. The lowest BCUT2D eigenvalue weighted by Crippen LogP contribution is -1.79. The molecular formula is C12H7BrN2S. The largest absolute Gasteiger partial charge is 0.265 e. The Labute approximate surface area is 106 Å². The Morgan fingerprint density at radius 3 is 2.56 bits per heavy atom. The maximum atomic E-state index is 8.86. The molecule has 16 heavy (non-hydrogen) atoms. The minimum Gasteiger partial charge on any atom is -0.265 e. The molecule has 78 valence electrons. The molecule has 0 bridgehead atoms. The van der Waals surface area contributed by atoms with Gasteiger partial charge in [-0.3, -0.25) is 4.98 Å². The van der Waals surface area contributed by atoms with Gasteiger partial charge in [-0.2, -0.15) is 5.26 Å². The lowest BCUT2D eigenvalue weighted by Gasteiger charge is -2.02. The van der Waals surface area contributed by atoms with Crippen LogP contribution in [0.1, 0.15) is 5.56 Å². The third-order valence-corrected chi connectivity index (χ3v) is 3.32. The summed E-state index contributed by atoms with van der Waals surface area (Å²) in [7, 11) is 0. The van der Waals surface area contributed by atoms with E-state index in [0.29, 0.717) is 5.56 Å². The lowest BCUT2D eigenvalue weighted by atomic mass is 10.2. The van der Waals surface area contributed by atoms with Crippen molar-refractivity contribution in [2.75, 3.05) is 0 Å². The van der Waals surface area contributed by atoms with Crippen LogP contribution in [0.15, 0.2) is 57.0 Å². The minimum atomic E-state index is 0.658. The number of benzene rings is 1. The van der Waals surface area contributed by atoms with E-state index in [1.165, 1.54) is 0 Å². The number of hydrogen-bond acceptors (Lipinski definition) is 3. The second-order valence-corrected chi connectivity index (χ2v) is 5.13. The zero-order valence-electron chi connectivity index (χ0n) is 8.22. The molecule has 0 fully saturated rings. The second kappa shape index (κ2) is 5.15. The van der Waals surface area contributed by atoms with Gasteiger partial charge in [0.15, 0.2) is 0 Å². The molecule has 0 aliphatic rings. The molecule has 0 atom stereocenters. The average molecular weight is 291 g/mol. The summed E-state index contributed by atoms with van der Waals surface area (Å²) in [5.74, 6) is 0. The van der Waals surface area contributed by atoms with Crippen molar-refractivity contribution in [2.24, 2.45) is 0 Å². The van der Waals surface area contributed by atoms with Crippen molar-refractivity contribution in [1.82, 2.24) is 4.98 Å². The first-order valence-electron chi connectivity index (χ1n) is 4.56. The van der Waals surface area contributed by atoms with E-state index < -0.39 is 0 Å². The smallest absolute Gasteiger partial charge is 0.0992 e. The van der Waals surface area contributed by atoms with Crippen LogP contribution in [0, 0.1) is 11.3 Å². The highest BCUT2D eigenvalue weighted by Crippen LogP contribution is 2.30. The van der Waals surface area contributed by atoms with Gasteiger partial charge in [0.05, 0.1) is 11.6 Å². The van der Waals surface area contributed by atoms with E-state index in [1.807, 2.05) is 24.3 Å². The van der Waals surface area contributed by atoms with E-state index in [1.54, 1.807) is 30.2 Å². The molecule has 0 aliphatic carbocycles. The highest BCUT2D eigenvalue weighted by atomic mass is 79.9. The molecule has 2 nitrogen and oxygen atoms in total. The minimum absolute atomic E-state index is 0.658. The van der Waals surface area contributed by atoms with E-state index >= 15 is 0 Å². The molecule has 2 aromatic rings. The fraction of sp³-hybridized carbons (Fsp3) is 0. The predicted octanol–water partition coefficient (Wildman–Crippen LogP) is 3.87. The van der Waals surface area contributed by atoms with Gasteiger partial charge in [0.25, 0.3) is 0 Å². The summed E-state index contributed by atoms with van der Waals surface area (Å²) in [5.41, 5.74) is 0.658. The van der Waals surface area contributed by atoms with Gasteiger partial charge in [0.2, 0.25) is 0 Å². The van der Waals surface area contributed by atoms with Crippen molar-refractivity contribution in [1.29, 1.82) is 5.26 Å². The third-order valence-electron chi connectivity index (χ3n) is 1.89. The molecule has 0 saturated heterocycles. The van der Waals surface area contributed by atoms with Gasteiger partial charge in [0, 0.05) is 26.7 Å². The van der Waals surface area contributed by atoms with Gasteiger partial charge < -0.3 is 0 Å². The summed E-state index contributed by atoms with van der Waals surface area (Å²) < 4.78 is 0.920.